The summed E-state index contributed by atoms with van der Waals surface area (Å²) < 4.78 is 12.7. The molecule has 2 aromatic carbocycles. The van der Waals surface area contributed by atoms with Crippen LogP contribution in [0.2, 0.25) is 0 Å². The molecule has 0 amide bonds. The van der Waals surface area contributed by atoms with Crippen LogP contribution in [0.5, 0.6) is 5.75 Å². The van der Waals surface area contributed by atoms with E-state index in [9.17, 15) is 4.79 Å². The highest BCUT2D eigenvalue weighted by atomic mass is 16.5. The van der Waals surface area contributed by atoms with Crippen LogP contribution >= 0.6 is 0 Å². The molecule has 0 aliphatic heterocycles. The molecule has 0 N–H and O–H groups in total. The summed E-state index contributed by atoms with van der Waals surface area (Å²) in [5, 5.41) is 1.04. The normalized spacial score (nSPS) is 10.7. The molecule has 1 heterocycles. The number of allylic oxidation sites excluding steroid dienone is 3. The third kappa shape index (κ3) is 5.98. The molecule has 0 aliphatic rings. The van der Waals surface area contributed by atoms with Crippen LogP contribution in [0.1, 0.15) is 19.4 Å². The van der Waals surface area contributed by atoms with E-state index >= 15 is 0 Å². The van der Waals surface area contributed by atoms with E-state index in [0.29, 0.717) is 12.3 Å². The molecule has 0 bridgehead atoms. The number of ether oxygens (including phenoxy) is 2. The third-order valence-corrected chi connectivity index (χ3v) is 4.33. The van der Waals surface area contributed by atoms with Crippen LogP contribution in [-0.2, 0) is 22.5 Å². The first-order valence-corrected chi connectivity index (χ1v) is 9.99. The van der Waals surface area contributed by atoms with E-state index in [1.54, 1.807) is 6.08 Å². The second kappa shape index (κ2) is 11.5. The predicted molar refractivity (Wildman–Crippen MR) is 123 cm³/mol. The summed E-state index contributed by atoms with van der Waals surface area (Å²) >= 11 is 0. The lowest BCUT2D eigenvalue weighted by Gasteiger charge is -2.09. The summed E-state index contributed by atoms with van der Waals surface area (Å²) in [7, 11) is 1.40. The van der Waals surface area contributed by atoms with Gasteiger partial charge in [-0.25, -0.2) is 0 Å². The molecule has 0 atom stereocenters. The fourth-order valence-electron chi connectivity index (χ4n) is 3.04. The predicted octanol–water partition coefficient (Wildman–Crippen LogP) is 6.09. The maximum atomic E-state index is 11.7. The number of aromatic nitrogens is 1. The lowest BCUT2D eigenvalue weighted by atomic mass is 10.1. The first-order valence-electron chi connectivity index (χ1n) is 9.99. The van der Waals surface area contributed by atoms with Gasteiger partial charge < -0.3 is 14.0 Å². The minimum Gasteiger partial charge on any atom is -0.469 e. The largest absolute Gasteiger partial charge is 0.469 e. The Balaban J connectivity index is 0.00000155. The van der Waals surface area contributed by atoms with Gasteiger partial charge in [0.05, 0.1) is 13.5 Å². The van der Waals surface area contributed by atoms with Crippen molar-refractivity contribution >= 4 is 16.9 Å². The zero-order valence-electron chi connectivity index (χ0n) is 17.9. The van der Waals surface area contributed by atoms with Crippen LogP contribution in [0.15, 0.2) is 97.4 Å². The topological polar surface area (TPSA) is 40.5 Å². The Hall–Kier alpha value is -3.53. The summed E-state index contributed by atoms with van der Waals surface area (Å²) in [6.45, 7) is 12.5. The average molecular weight is 404 g/mol. The van der Waals surface area contributed by atoms with Crippen LogP contribution < -0.4 is 4.74 Å². The quantitative estimate of drug-likeness (QED) is 0.260. The molecular formula is C26H29NO3. The number of esters is 1. The lowest BCUT2D eigenvalue weighted by Crippen LogP contribution is -2.04. The van der Waals surface area contributed by atoms with Crippen LogP contribution in [0.3, 0.4) is 0 Å². The molecule has 30 heavy (non-hydrogen) atoms. The number of hydrogen-bond donors (Lipinski definition) is 0. The van der Waals surface area contributed by atoms with Gasteiger partial charge in [-0.15, -0.1) is 0 Å². The summed E-state index contributed by atoms with van der Waals surface area (Å²) in [6.07, 6.45) is 5.75. The fourth-order valence-corrected chi connectivity index (χ4v) is 3.04. The first-order chi connectivity index (χ1) is 14.6. The number of nitrogens with zero attached hydrogens (tertiary/aromatic N) is 1. The molecule has 0 saturated heterocycles. The SMILES string of the molecule is C=C/C(=C\C(=C)Cn1cc(CC(=O)OC)c2ccccc21)Oc1ccccc1.CC. The molecule has 0 spiro atoms. The average Bonchev–Trinajstić information content (AvgIpc) is 3.12. The number of rotatable bonds is 8. The second-order valence-corrected chi connectivity index (χ2v) is 6.38. The standard InChI is InChI=1S/C24H23NO3.C2H6/c1-4-20(28-21-10-6-5-7-11-21)14-18(2)16-25-17-19(15-24(26)27-3)22-12-8-9-13-23(22)25;1-2/h4-14,17H,1-2,15-16H2,3H3;1-2H3/b20-14+;. The minimum absolute atomic E-state index is 0.237. The van der Waals surface area contributed by atoms with Gasteiger partial charge in [0.15, 0.2) is 0 Å². The molecule has 3 rings (SSSR count). The second-order valence-electron chi connectivity index (χ2n) is 6.38. The Labute approximate surface area is 178 Å². The van der Waals surface area contributed by atoms with Crippen molar-refractivity contribution in [2.24, 2.45) is 0 Å². The van der Waals surface area contributed by atoms with E-state index < -0.39 is 0 Å². The summed E-state index contributed by atoms with van der Waals surface area (Å²) in [5.41, 5.74) is 2.83. The number of carbonyl (C=O) groups is 1. The van der Waals surface area contributed by atoms with Gasteiger partial charge >= 0.3 is 5.97 Å². The van der Waals surface area contributed by atoms with Crippen molar-refractivity contribution < 1.29 is 14.3 Å². The highest BCUT2D eigenvalue weighted by Gasteiger charge is 2.12. The molecule has 0 aliphatic carbocycles. The van der Waals surface area contributed by atoms with Crippen molar-refractivity contribution in [1.82, 2.24) is 4.57 Å². The summed E-state index contributed by atoms with van der Waals surface area (Å²) in [4.78, 5) is 11.7. The molecule has 4 nitrogen and oxygen atoms in total. The number of fused-ring (bicyclic) bond motifs is 1. The number of para-hydroxylation sites is 2. The van der Waals surface area contributed by atoms with E-state index in [1.165, 1.54) is 7.11 Å². The molecule has 3 aromatic rings. The van der Waals surface area contributed by atoms with Gasteiger partial charge in [0, 0.05) is 23.6 Å². The summed E-state index contributed by atoms with van der Waals surface area (Å²) in [6, 6.07) is 17.5. The van der Waals surface area contributed by atoms with E-state index in [1.807, 2.05) is 80.7 Å². The Morgan fingerprint density at radius 1 is 1.07 bits per heavy atom. The van der Waals surface area contributed by atoms with Gasteiger partial charge in [-0.1, -0.05) is 63.4 Å². The number of methoxy groups -OCH3 is 1. The van der Waals surface area contributed by atoms with Gasteiger partial charge in [-0.3, -0.25) is 4.79 Å². The van der Waals surface area contributed by atoms with Crippen LogP contribution in [0.25, 0.3) is 10.9 Å². The van der Waals surface area contributed by atoms with Crippen molar-refractivity contribution in [3.63, 3.8) is 0 Å². The zero-order chi connectivity index (χ0) is 21.9. The van der Waals surface area contributed by atoms with E-state index in [-0.39, 0.29) is 12.4 Å². The van der Waals surface area contributed by atoms with E-state index in [2.05, 4.69) is 17.7 Å². The smallest absolute Gasteiger partial charge is 0.310 e. The van der Waals surface area contributed by atoms with Crippen LogP contribution in [0, 0.1) is 0 Å². The lowest BCUT2D eigenvalue weighted by molar-refractivity contribution is -0.139. The Morgan fingerprint density at radius 3 is 2.40 bits per heavy atom. The van der Waals surface area contributed by atoms with Gasteiger partial charge in [-0.2, -0.15) is 0 Å². The Kier molecular flexibility index (Phi) is 8.70. The zero-order valence-corrected chi connectivity index (χ0v) is 17.9. The maximum Gasteiger partial charge on any atom is 0.310 e. The van der Waals surface area contributed by atoms with Crippen molar-refractivity contribution in [3.8, 4) is 5.75 Å². The molecule has 4 heteroatoms. The van der Waals surface area contributed by atoms with E-state index in [0.717, 1.165) is 27.8 Å². The molecule has 156 valence electrons. The fraction of sp³-hybridized carbons (Fsp3) is 0.192. The van der Waals surface area contributed by atoms with Crippen molar-refractivity contribution in [2.75, 3.05) is 7.11 Å². The van der Waals surface area contributed by atoms with Crippen LogP contribution in [-0.4, -0.2) is 17.6 Å². The Morgan fingerprint density at radius 2 is 1.73 bits per heavy atom. The minimum atomic E-state index is -0.258. The molecule has 1 aromatic heterocycles. The van der Waals surface area contributed by atoms with Gasteiger partial charge in [0.1, 0.15) is 11.5 Å². The molecular weight excluding hydrogens is 374 g/mol. The van der Waals surface area contributed by atoms with Crippen molar-refractivity contribution in [1.29, 1.82) is 0 Å². The maximum absolute atomic E-state index is 11.7. The highest BCUT2D eigenvalue weighted by Crippen LogP contribution is 2.23. The van der Waals surface area contributed by atoms with Gasteiger partial charge in [0.25, 0.3) is 0 Å². The van der Waals surface area contributed by atoms with Crippen molar-refractivity contribution in [3.05, 3.63) is 103 Å². The third-order valence-electron chi connectivity index (χ3n) is 4.33. The van der Waals surface area contributed by atoms with Crippen LogP contribution in [0.4, 0.5) is 0 Å². The summed E-state index contributed by atoms with van der Waals surface area (Å²) in [5.74, 6) is 1.11. The molecule has 0 unspecified atom stereocenters. The number of benzene rings is 2. The molecule has 0 radical (unpaired) electrons. The highest BCUT2D eigenvalue weighted by molar-refractivity contribution is 5.88. The van der Waals surface area contributed by atoms with Crippen molar-refractivity contribution in [2.45, 2.75) is 26.8 Å². The monoisotopic (exact) mass is 403 g/mol. The van der Waals surface area contributed by atoms with Gasteiger partial charge in [0.2, 0.25) is 0 Å². The Bertz CT molecular complexity index is 1030. The number of carbonyl (C=O) groups excluding carboxylic acids is 1. The molecule has 0 saturated carbocycles. The first kappa shape index (κ1) is 22.8. The van der Waals surface area contributed by atoms with Gasteiger partial charge in [-0.05, 0) is 41.5 Å². The molecule has 0 fully saturated rings. The van der Waals surface area contributed by atoms with E-state index in [4.69, 9.17) is 9.47 Å². The number of hydrogen-bond acceptors (Lipinski definition) is 3.